The molecule has 13 heavy (non-hydrogen) atoms. The molecule has 0 aromatic heterocycles. The Balaban J connectivity index is 3.53. The number of rotatable bonds is 1. The van der Waals surface area contributed by atoms with Gasteiger partial charge in [-0.05, 0) is 31.5 Å². The van der Waals surface area contributed by atoms with Gasteiger partial charge in [0.1, 0.15) is 5.82 Å². The Morgan fingerprint density at radius 3 is 2.62 bits per heavy atom. The Kier molecular flexibility index (Phi) is 2.43. The molecule has 0 N–H and O–H groups in total. The molecule has 1 rings (SSSR count). The minimum atomic E-state index is -0.454. The zero-order valence-electron chi connectivity index (χ0n) is 7.39. The van der Waals surface area contributed by atoms with E-state index in [1.165, 1.54) is 26.0 Å². The molecule has 0 atom stereocenters. The third-order valence-electron chi connectivity index (χ3n) is 1.87. The molecule has 66 valence electrons. The second-order valence-electron chi connectivity index (χ2n) is 2.76. The number of hydrogen-bond acceptors (Lipinski definition) is 2. The van der Waals surface area contributed by atoms with Gasteiger partial charge >= 0.3 is 0 Å². The molecule has 0 saturated heterocycles. The van der Waals surface area contributed by atoms with Gasteiger partial charge < -0.3 is 0 Å². The van der Waals surface area contributed by atoms with Gasteiger partial charge in [-0.25, -0.2) is 4.39 Å². The van der Waals surface area contributed by atoms with Crippen LogP contribution in [0.4, 0.5) is 4.39 Å². The predicted molar refractivity (Wildman–Crippen MR) is 45.9 cm³/mol. The van der Waals surface area contributed by atoms with Crippen LogP contribution in [0.2, 0.25) is 0 Å². The van der Waals surface area contributed by atoms with Gasteiger partial charge in [0.05, 0.1) is 11.6 Å². The first-order chi connectivity index (χ1) is 6.07. The third kappa shape index (κ3) is 1.57. The number of nitriles is 1. The molecular weight excluding hydrogens is 169 g/mol. The standard InChI is InChI=1S/C10H8FNO/c1-6-9(11)4-3-8(5-12)10(6)7(2)13/h3-4H,1-2H3. The van der Waals surface area contributed by atoms with Crippen molar-refractivity contribution in [3.05, 3.63) is 34.6 Å². The monoisotopic (exact) mass is 177 g/mol. The van der Waals surface area contributed by atoms with Crippen LogP contribution in [0.3, 0.4) is 0 Å². The Morgan fingerprint density at radius 2 is 2.15 bits per heavy atom. The number of halogens is 1. The normalized spacial score (nSPS) is 9.38. The molecular formula is C10H8FNO. The molecule has 0 saturated carbocycles. The summed E-state index contributed by atoms with van der Waals surface area (Å²) >= 11 is 0. The highest BCUT2D eigenvalue weighted by molar-refractivity contribution is 5.97. The summed E-state index contributed by atoms with van der Waals surface area (Å²) in [6.07, 6.45) is 0. The van der Waals surface area contributed by atoms with Gasteiger partial charge in [0.2, 0.25) is 0 Å². The van der Waals surface area contributed by atoms with E-state index in [0.717, 1.165) is 0 Å². The van der Waals surface area contributed by atoms with E-state index in [0.29, 0.717) is 0 Å². The Morgan fingerprint density at radius 1 is 1.54 bits per heavy atom. The third-order valence-corrected chi connectivity index (χ3v) is 1.87. The van der Waals surface area contributed by atoms with Gasteiger partial charge in [0.15, 0.2) is 5.78 Å². The Bertz CT molecular complexity index is 404. The first-order valence-corrected chi connectivity index (χ1v) is 3.78. The van der Waals surface area contributed by atoms with E-state index in [9.17, 15) is 9.18 Å². The van der Waals surface area contributed by atoms with Crippen molar-refractivity contribution in [3.8, 4) is 6.07 Å². The first kappa shape index (κ1) is 9.40. The molecule has 0 aliphatic carbocycles. The van der Waals surface area contributed by atoms with Crippen molar-refractivity contribution in [2.24, 2.45) is 0 Å². The highest BCUT2D eigenvalue weighted by Crippen LogP contribution is 2.17. The fourth-order valence-electron chi connectivity index (χ4n) is 1.23. The van der Waals surface area contributed by atoms with E-state index < -0.39 is 5.82 Å². The average molecular weight is 177 g/mol. The second kappa shape index (κ2) is 3.36. The molecule has 3 heteroatoms. The zero-order valence-corrected chi connectivity index (χ0v) is 7.39. The summed E-state index contributed by atoms with van der Waals surface area (Å²) in [7, 11) is 0. The molecule has 0 bridgehead atoms. The molecule has 0 aliphatic heterocycles. The molecule has 0 aliphatic rings. The van der Waals surface area contributed by atoms with Crippen molar-refractivity contribution in [2.45, 2.75) is 13.8 Å². The van der Waals surface area contributed by atoms with Crippen LogP contribution in [0, 0.1) is 24.1 Å². The lowest BCUT2D eigenvalue weighted by atomic mass is 9.99. The van der Waals surface area contributed by atoms with E-state index >= 15 is 0 Å². The minimum absolute atomic E-state index is 0.183. The van der Waals surface area contributed by atoms with Crippen LogP contribution in [-0.4, -0.2) is 5.78 Å². The smallest absolute Gasteiger partial charge is 0.161 e. The van der Waals surface area contributed by atoms with Crippen molar-refractivity contribution in [3.63, 3.8) is 0 Å². The number of nitrogens with zero attached hydrogens (tertiary/aromatic N) is 1. The van der Waals surface area contributed by atoms with Crippen molar-refractivity contribution in [1.82, 2.24) is 0 Å². The van der Waals surface area contributed by atoms with Gasteiger partial charge in [-0.3, -0.25) is 4.79 Å². The minimum Gasteiger partial charge on any atom is -0.294 e. The number of hydrogen-bond donors (Lipinski definition) is 0. The van der Waals surface area contributed by atoms with Gasteiger partial charge in [0, 0.05) is 5.56 Å². The molecule has 0 heterocycles. The van der Waals surface area contributed by atoms with E-state index in [4.69, 9.17) is 5.26 Å². The topological polar surface area (TPSA) is 40.9 Å². The maximum Gasteiger partial charge on any atom is 0.161 e. The average Bonchev–Trinajstić information content (AvgIpc) is 2.08. The van der Waals surface area contributed by atoms with Crippen molar-refractivity contribution in [1.29, 1.82) is 5.26 Å². The van der Waals surface area contributed by atoms with Gasteiger partial charge in [-0.1, -0.05) is 0 Å². The SMILES string of the molecule is CC(=O)c1c(C#N)ccc(F)c1C. The Labute approximate surface area is 75.6 Å². The van der Waals surface area contributed by atoms with E-state index in [2.05, 4.69) is 0 Å². The van der Waals surface area contributed by atoms with Gasteiger partial charge in [-0.15, -0.1) is 0 Å². The number of carbonyl (C=O) groups excluding carboxylic acids is 1. The van der Waals surface area contributed by atoms with Crippen LogP contribution in [0.15, 0.2) is 12.1 Å². The molecule has 0 radical (unpaired) electrons. The molecule has 1 aromatic rings. The fourth-order valence-corrected chi connectivity index (χ4v) is 1.23. The maximum atomic E-state index is 13.0. The van der Waals surface area contributed by atoms with Crippen LogP contribution in [0.25, 0.3) is 0 Å². The first-order valence-electron chi connectivity index (χ1n) is 3.78. The van der Waals surface area contributed by atoms with Gasteiger partial charge in [-0.2, -0.15) is 5.26 Å². The van der Waals surface area contributed by atoms with Crippen LogP contribution in [0.1, 0.15) is 28.4 Å². The predicted octanol–water partition coefficient (Wildman–Crippen LogP) is 2.21. The fraction of sp³-hybridized carbons (Fsp3) is 0.200. The molecule has 0 spiro atoms. The summed E-state index contributed by atoms with van der Waals surface area (Å²) in [6.45, 7) is 2.81. The number of benzene rings is 1. The van der Waals surface area contributed by atoms with E-state index in [-0.39, 0.29) is 22.5 Å². The molecule has 2 nitrogen and oxygen atoms in total. The summed E-state index contributed by atoms with van der Waals surface area (Å²) in [5, 5.41) is 8.66. The van der Waals surface area contributed by atoms with Gasteiger partial charge in [0.25, 0.3) is 0 Å². The summed E-state index contributed by atoms with van der Waals surface area (Å²) in [5.41, 5.74) is 0.653. The number of ketones is 1. The van der Waals surface area contributed by atoms with E-state index in [1.807, 2.05) is 6.07 Å². The van der Waals surface area contributed by atoms with Crippen LogP contribution in [0.5, 0.6) is 0 Å². The van der Waals surface area contributed by atoms with Crippen LogP contribution >= 0.6 is 0 Å². The summed E-state index contributed by atoms with van der Waals surface area (Å²) in [4.78, 5) is 11.1. The molecule has 0 fully saturated rings. The maximum absolute atomic E-state index is 13.0. The Hall–Kier alpha value is -1.69. The van der Waals surface area contributed by atoms with Crippen molar-refractivity contribution >= 4 is 5.78 Å². The second-order valence-corrected chi connectivity index (χ2v) is 2.76. The van der Waals surface area contributed by atoms with Crippen molar-refractivity contribution in [2.75, 3.05) is 0 Å². The van der Waals surface area contributed by atoms with E-state index in [1.54, 1.807) is 0 Å². The quantitative estimate of drug-likeness (QED) is 0.617. The highest BCUT2D eigenvalue weighted by Gasteiger charge is 2.13. The van der Waals surface area contributed by atoms with Crippen molar-refractivity contribution < 1.29 is 9.18 Å². The lowest BCUT2D eigenvalue weighted by molar-refractivity contribution is 0.101. The number of Topliss-reactive ketones (excluding diaryl/α,β-unsaturated/α-hetero) is 1. The summed E-state index contributed by atoms with van der Waals surface area (Å²) in [6, 6.07) is 4.37. The molecule has 0 amide bonds. The summed E-state index contributed by atoms with van der Waals surface area (Å²) < 4.78 is 13.0. The summed E-state index contributed by atoms with van der Waals surface area (Å²) in [5.74, 6) is -0.738. The lowest BCUT2D eigenvalue weighted by Gasteiger charge is -2.04. The zero-order chi connectivity index (χ0) is 10.0. The highest BCUT2D eigenvalue weighted by atomic mass is 19.1. The van der Waals surface area contributed by atoms with Crippen LogP contribution < -0.4 is 0 Å². The van der Waals surface area contributed by atoms with Crippen LogP contribution in [-0.2, 0) is 0 Å². The lowest BCUT2D eigenvalue weighted by Crippen LogP contribution is -2.02. The largest absolute Gasteiger partial charge is 0.294 e. The molecule has 1 aromatic carbocycles. The molecule has 0 unspecified atom stereocenters. The number of carbonyl (C=O) groups is 1.